The molecular formula is C10H11BrF2N2O. The Hall–Kier alpha value is -1.17. The molecule has 0 spiro atoms. The number of hydrogen-bond donors (Lipinski definition) is 2. The Morgan fingerprint density at radius 1 is 1.31 bits per heavy atom. The summed E-state index contributed by atoms with van der Waals surface area (Å²) in [4.78, 5) is 11.3. The van der Waals surface area contributed by atoms with Gasteiger partial charge in [0.2, 0.25) is 0 Å². The molecule has 0 aromatic heterocycles. The molecule has 0 saturated carbocycles. The van der Waals surface area contributed by atoms with Crippen LogP contribution in [0.1, 0.15) is 13.8 Å². The first-order valence-corrected chi connectivity index (χ1v) is 5.41. The fourth-order valence-corrected chi connectivity index (χ4v) is 1.38. The minimum atomic E-state index is -0.820. The minimum absolute atomic E-state index is 0.0630. The highest BCUT2D eigenvalue weighted by Gasteiger charge is 2.11. The van der Waals surface area contributed by atoms with Crippen LogP contribution < -0.4 is 10.6 Å². The van der Waals surface area contributed by atoms with E-state index in [0.29, 0.717) is 6.07 Å². The van der Waals surface area contributed by atoms with Crippen LogP contribution in [-0.4, -0.2) is 12.1 Å². The van der Waals surface area contributed by atoms with Crippen molar-refractivity contribution >= 4 is 27.6 Å². The molecule has 1 aromatic carbocycles. The van der Waals surface area contributed by atoms with Crippen LogP contribution in [-0.2, 0) is 0 Å². The fourth-order valence-electron chi connectivity index (χ4n) is 1.04. The number of rotatable bonds is 2. The van der Waals surface area contributed by atoms with Crippen molar-refractivity contribution in [3.63, 3.8) is 0 Å². The molecular weight excluding hydrogens is 282 g/mol. The van der Waals surface area contributed by atoms with Gasteiger partial charge in [-0.25, -0.2) is 13.6 Å². The molecule has 2 N–H and O–H groups in total. The molecule has 0 radical (unpaired) electrons. The highest BCUT2D eigenvalue weighted by Crippen LogP contribution is 2.23. The fraction of sp³-hybridized carbons (Fsp3) is 0.300. The van der Waals surface area contributed by atoms with Gasteiger partial charge in [-0.05, 0) is 35.8 Å². The zero-order valence-corrected chi connectivity index (χ0v) is 10.4. The van der Waals surface area contributed by atoms with E-state index in [1.165, 1.54) is 6.07 Å². The van der Waals surface area contributed by atoms with E-state index in [2.05, 4.69) is 26.6 Å². The largest absolute Gasteiger partial charge is 0.336 e. The van der Waals surface area contributed by atoms with Gasteiger partial charge in [-0.15, -0.1) is 0 Å². The number of urea groups is 1. The summed E-state index contributed by atoms with van der Waals surface area (Å²) < 4.78 is 26.2. The van der Waals surface area contributed by atoms with Gasteiger partial charge in [-0.3, -0.25) is 0 Å². The predicted octanol–water partition coefficient (Wildman–Crippen LogP) is 3.26. The standard InChI is InChI=1S/C10H11BrF2N2O/c1-5(2)14-10(16)15-9-3-6(11)7(12)4-8(9)13/h3-5H,1-2H3,(H2,14,15,16). The quantitative estimate of drug-likeness (QED) is 0.807. The number of nitrogens with one attached hydrogen (secondary N) is 2. The maximum absolute atomic E-state index is 13.2. The molecule has 0 heterocycles. The molecule has 0 aliphatic carbocycles. The van der Waals surface area contributed by atoms with Gasteiger partial charge in [0, 0.05) is 12.1 Å². The molecule has 1 aromatic rings. The van der Waals surface area contributed by atoms with E-state index < -0.39 is 17.7 Å². The number of anilines is 1. The molecule has 0 bridgehead atoms. The maximum atomic E-state index is 13.2. The Balaban J connectivity index is 2.81. The van der Waals surface area contributed by atoms with Crippen molar-refractivity contribution in [2.75, 3.05) is 5.32 Å². The number of carbonyl (C=O) groups excluding carboxylic acids is 1. The molecule has 0 aliphatic heterocycles. The van der Waals surface area contributed by atoms with Gasteiger partial charge in [-0.2, -0.15) is 0 Å². The van der Waals surface area contributed by atoms with Crippen LogP contribution in [0.3, 0.4) is 0 Å². The molecule has 0 saturated heterocycles. The molecule has 88 valence electrons. The van der Waals surface area contributed by atoms with Crippen LogP contribution in [0.2, 0.25) is 0 Å². The van der Waals surface area contributed by atoms with E-state index in [1.54, 1.807) is 13.8 Å². The third-order valence-electron chi connectivity index (χ3n) is 1.68. The van der Waals surface area contributed by atoms with Crippen LogP contribution in [0.25, 0.3) is 0 Å². The smallest absolute Gasteiger partial charge is 0.319 e. The number of amides is 2. The van der Waals surface area contributed by atoms with E-state index >= 15 is 0 Å². The highest BCUT2D eigenvalue weighted by molar-refractivity contribution is 9.10. The minimum Gasteiger partial charge on any atom is -0.336 e. The molecule has 0 atom stereocenters. The molecule has 0 unspecified atom stereocenters. The van der Waals surface area contributed by atoms with Gasteiger partial charge in [0.25, 0.3) is 0 Å². The lowest BCUT2D eigenvalue weighted by Gasteiger charge is -2.11. The van der Waals surface area contributed by atoms with Crippen molar-refractivity contribution in [2.24, 2.45) is 0 Å². The van der Waals surface area contributed by atoms with Gasteiger partial charge in [0.1, 0.15) is 11.6 Å². The summed E-state index contributed by atoms with van der Waals surface area (Å²) in [5.74, 6) is -1.54. The number of hydrogen-bond acceptors (Lipinski definition) is 1. The topological polar surface area (TPSA) is 41.1 Å². The van der Waals surface area contributed by atoms with Crippen LogP contribution in [0.5, 0.6) is 0 Å². The zero-order chi connectivity index (χ0) is 12.3. The van der Waals surface area contributed by atoms with E-state index in [1.807, 2.05) is 0 Å². The third-order valence-corrected chi connectivity index (χ3v) is 2.29. The van der Waals surface area contributed by atoms with E-state index in [4.69, 9.17) is 0 Å². The molecule has 1 rings (SSSR count). The van der Waals surface area contributed by atoms with E-state index in [0.717, 1.165) is 0 Å². The van der Waals surface area contributed by atoms with E-state index in [9.17, 15) is 13.6 Å². The Bertz CT molecular complexity index is 410. The lowest BCUT2D eigenvalue weighted by Crippen LogP contribution is -2.34. The van der Waals surface area contributed by atoms with Gasteiger partial charge in [0.05, 0.1) is 10.2 Å². The van der Waals surface area contributed by atoms with Crippen molar-refractivity contribution in [3.05, 3.63) is 28.2 Å². The third kappa shape index (κ3) is 3.44. The molecule has 6 heteroatoms. The van der Waals surface area contributed by atoms with Crippen LogP contribution in [0.15, 0.2) is 16.6 Å². The normalized spacial score (nSPS) is 10.4. The number of carbonyl (C=O) groups is 1. The van der Waals surface area contributed by atoms with Gasteiger partial charge < -0.3 is 10.6 Å². The monoisotopic (exact) mass is 292 g/mol. The molecule has 0 aliphatic rings. The van der Waals surface area contributed by atoms with Crippen LogP contribution >= 0.6 is 15.9 Å². The highest BCUT2D eigenvalue weighted by atomic mass is 79.9. The van der Waals surface area contributed by atoms with Gasteiger partial charge >= 0.3 is 6.03 Å². The summed E-state index contributed by atoms with van der Waals surface area (Å²) in [7, 11) is 0. The molecule has 16 heavy (non-hydrogen) atoms. The second-order valence-electron chi connectivity index (χ2n) is 3.50. The molecule has 0 fully saturated rings. The number of benzene rings is 1. The summed E-state index contributed by atoms with van der Waals surface area (Å²) in [5, 5.41) is 4.81. The SMILES string of the molecule is CC(C)NC(=O)Nc1cc(Br)c(F)cc1F. The Morgan fingerprint density at radius 2 is 1.94 bits per heavy atom. The second-order valence-corrected chi connectivity index (χ2v) is 4.35. The zero-order valence-electron chi connectivity index (χ0n) is 8.77. The summed E-state index contributed by atoms with van der Waals surface area (Å²) in [6.07, 6.45) is 0. The summed E-state index contributed by atoms with van der Waals surface area (Å²) in [5.41, 5.74) is -0.0774. The van der Waals surface area contributed by atoms with Crippen molar-refractivity contribution in [1.29, 1.82) is 0 Å². The van der Waals surface area contributed by atoms with Crippen LogP contribution in [0.4, 0.5) is 19.3 Å². The van der Waals surface area contributed by atoms with E-state index in [-0.39, 0.29) is 16.2 Å². The first kappa shape index (κ1) is 12.9. The van der Waals surface area contributed by atoms with Crippen LogP contribution in [0, 0.1) is 11.6 Å². The molecule has 3 nitrogen and oxygen atoms in total. The second kappa shape index (κ2) is 5.25. The molecule has 2 amide bonds. The Morgan fingerprint density at radius 3 is 2.50 bits per heavy atom. The average Bonchev–Trinajstić information content (AvgIpc) is 2.12. The first-order chi connectivity index (χ1) is 7.40. The van der Waals surface area contributed by atoms with Crippen molar-refractivity contribution in [3.8, 4) is 0 Å². The average molecular weight is 293 g/mol. The van der Waals surface area contributed by atoms with Gasteiger partial charge in [-0.1, -0.05) is 0 Å². The van der Waals surface area contributed by atoms with Crippen molar-refractivity contribution in [1.82, 2.24) is 5.32 Å². The summed E-state index contributed by atoms with van der Waals surface area (Å²) in [6.45, 7) is 3.55. The lowest BCUT2D eigenvalue weighted by molar-refractivity contribution is 0.250. The Labute approximate surface area is 100 Å². The first-order valence-electron chi connectivity index (χ1n) is 4.62. The number of halogens is 3. The van der Waals surface area contributed by atoms with Crippen molar-refractivity contribution in [2.45, 2.75) is 19.9 Å². The maximum Gasteiger partial charge on any atom is 0.319 e. The Kier molecular flexibility index (Phi) is 4.23. The lowest BCUT2D eigenvalue weighted by atomic mass is 10.3. The predicted molar refractivity (Wildman–Crippen MR) is 61.3 cm³/mol. The summed E-state index contributed by atoms with van der Waals surface area (Å²) >= 11 is 2.91. The summed E-state index contributed by atoms with van der Waals surface area (Å²) in [6, 6.07) is 1.28. The van der Waals surface area contributed by atoms with Gasteiger partial charge in [0.15, 0.2) is 0 Å². The van der Waals surface area contributed by atoms with Crippen molar-refractivity contribution < 1.29 is 13.6 Å².